The molecule has 2 aromatic rings. The first-order valence-electron chi connectivity index (χ1n) is 5.08. The Morgan fingerprint density at radius 3 is 2.62 bits per heavy atom. The Bertz CT molecular complexity index is 565. The van der Waals surface area contributed by atoms with Crippen LogP contribution in [-0.4, -0.2) is 0 Å². The van der Waals surface area contributed by atoms with E-state index < -0.39 is 0 Å². The molecule has 2 aromatic carbocycles. The summed E-state index contributed by atoms with van der Waals surface area (Å²) in [5.74, 6) is 0. The number of benzene rings is 2. The van der Waals surface area contributed by atoms with E-state index in [1.54, 1.807) is 6.07 Å². The third kappa shape index (κ3) is 1.76. The molecule has 16 heavy (non-hydrogen) atoms. The zero-order chi connectivity index (χ0) is 11.5. The zero-order valence-corrected chi connectivity index (χ0v) is 9.07. The zero-order valence-electron chi connectivity index (χ0n) is 9.07. The van der Waals surface area contributed by atoms with Crippen molar-refractivity contribution < 1.29 is 0 Å². The van der Waals surface area contributed by atoms with E-state index in [2.05, 4.69) is 6.07 Å². The topological polar surface area (TPSA) is 49.8 Å². The summed E-state index contributed by atoms with van der Waals surface area (Å²) in [5, 5.41) is 8.85. The summed E-state index contributed by atoms with van der Waals surface area (Å²) in [6, 6.07) is 15.5. The van der Waals surface area contributed by atoms with Gasteiger partial charge in [-0.05, 0) is 30.2 Å². The first kappa shape index (κ1) is 10.3. The van der Waals surface area contributed by atoms with Gasteiger partial charge in [-0.25, -0.2) is 0 Å². The summed E-state index contributed by atoms with van der Waals surface area (Å²) in [4.78, 5) is 0. The fraction of sp³-hybridized carbons (Fsp3) is 0.0714. The van der Waals surface area contributed by atoms with E-state index in [0.717, 1.165) is 22.4 Å². The number of nitrogens with two attached hydrogens (primary N) is 1. The van der Waals surface area contributed by atoms with Crippen LogP contribution < -0.4 is 5.73 Å². The first-order valence-corrected chi connectivity index (χ1v) is 5.08. The minimum absolute atomic E-state index is 0.651. The summed E-state index contributed by atoms with van der Waals surface area (Å²) in [6.07, 6.45) is 0. The molecule has 0 heterocycles. The number of hydrogen-bond acceptors (Lipinski definition) is 2. The molecule has 0 amide bonds. The van der Waals surface area contributed by atoms with Crippen LogP contribution in [0.3, 0.4) is 0 Å². The van der Waals surface area contributed by atoms with Gasteiger partial charge in [-0.3, -0.25) is 0 Å². The lowest BCUT2D eigenvalue weighted by molar-refractivity contribution is 1.45. The second-order valence-corrected chi connectivity index (χ2v) is 3.73. The van der Waals surface area contributed by atoms with Gasteiger partial charge in [-0.1, -0.05) is 30.3 Å². The number of para-hydroxylation sites is 1. The number of hydrogen-bond donors (Lipinski definition) is 1. The Kier molecular flexibility index (Phi) is 2.61. The van der Waals surface area contributed by atoms with Crippen molar-refractivity contribution >= 4 is 5.69 Å². The molecule has 2 rings (SSSR count). The predicted molar refractivity (Wildman–Crippen MR) is 65.7 cm³/mol. The van der Waals surface area contributed by atoms with Crippen LogP contribution in [0.4, 0.5) is 5.69 Å². The molecule has 0 atom stereocenters. The highest BCUT2D eigenvalue weighted by molar-refractivity contribution is 5.78. The van der Waals surface area contributed by atoms with Crippen LogP contribution in [-0.2, 0) is 0 Å². The van der Waals surface area contributed by atoms with Crippen molar-refractivity contribution in [1.29, 1.82) is 5.26 Å². The number of anilines is 1. The Morgan fingerprint density at radius 1 is 1.12 bits per heavy atom. The SMILES string of the molecule is Cc1cccc(-c2cccc(C#N)c2)c1N. The summed E-state index contributed by atoms with van der Waals surface area (Å²) in [7, 11) is 0. The van der Waals surface area contributed by atoms with Crippen molar-refractivity contribution in [1.82, 2.24) is 0 Å². The van der Waals surface area contributed by atoms with Gasteiger partial charge in [-0.2, -0.15) is 5.26 Å². The van der Waals surface area contributed by atoms with Crippen LogP contribution in [0.15, 0.2) is 42.5 Å². The van der Waals surface area contributed by atoms with Crippen LogP contribution >= 0.6 is 0 Å². The highest BCUT2D eigenvalue weighted by Crippen LogP contribution is 2.28. The Hall–Kier alpha value is -2.27. The molecule has 0 aliphatic rings. The van der Waals surface area contributed by atoms with Crippen LogP contribution in [0, 0.1) is 18.3 Å². The molecule has 0 bridgehead atoms. The van der Waals surface area contributed by atoms with Crippen LogP contribution in [0.2, 0.25) is 0 Å². The molecule has 0 unspecified atom stereocenters. The Labute approximate surface area is 95.0 Å². The number of nitriles is 1. The largest absolute Gasteiger partial charge is 0.398 e. The fourth-order valence-corrected chi connectivity index (χ4v) is 1.69. The fourth-order valence-electron chi connectivity index (χ4n) is 1.69. The van der Waals surface area contributed by atoms with Crippen LogP contribution in [0.1, 0.15) is 11.1 Å². The molecule has 0 radical (unpaired) electrons. The first-order chi connectivity index (χ1) is 7.72. The number of rotatable bonds is 1. The van der Waals surface area contributed by atoms with E-state index in [-0.39, 0.29) is 0 Å². The lowest BCUT2D eigenvalue weighted by Crippen LogP contribution is -1.93. The van der Waals surface area contributed by atoms with Gasteiger partial charge in [0.2, 0.25) is 0 Å². The molecule has 0 saturated carbocycles. The molecule has 78 valence electrons. The van der Waals surface area contributed by atoms with E-state index >= 15 is 0 Å². The Balaban J connectivity index is 2.59. The second kappa shape index (κ2) is 4.08. The summed E-state index contributed by atoms with van der Waals surface area (Å²) < 4.78 is 0. The number of nitrogen functional groups attached to an aromatic ring is 1. The maximum absolute atomic E-state index is 8.85. The van der Waals surface area contributed by atoms with Crippen molar-refractivity contribution in [2.45, 2.75) is 6.92 Å². The van der Waals surface area contributed by atoms with Crippen molar-refractivity contribution in [2.75, 3.05) is 5.73 Å². The maximum Gasteiger partial charge on any atom is 0.0991 e. The van der Waals surface area contributed by atoms with E-state index in [1.807, 2.05) is 43.3 Å². The van der Waals surface area contributed by atoms with Crippen molar-refractivity contribution in [3.8, 4) is 17.2 Å². The lowest BCUT2D eigenvalue weighted by Gasteiger charge is -2.08. The highest BCUT2D eigenvalue weighted by Gasteiger charge is 2.04. The maximum atomic E-state index is 8.85. The average molecular weight is 208 g/mol. The molecule has 0 fully saturated rings. The molecule has 0 aliphatic heterocycles. The van der Waals surface area contributed by atoms with Gasteiger partial charge in [0.05, 0.1) is 11.6 Å². The monoisotopic (exact) mass is 208 g/mol. The van der Waals surface area contributed by atoms with Crippen LogP contribution in [0.5, 0.6) is 0 Å². The minimum Gasteiger partial charge on any atom is -0.398 e. The molecule has 2 nitrogen and oxygen atoms in total. The molecule has 0 aromatic heterocycles. The highest BCUT2D eigenvalue weighted by atomic mass is 14.6. The summed E-state index contributed by atoms with van der Waals surface area (Å²) in [5.41, 5.74) is 10.5. The van der Waals surface area contributed by atoms with Crippen molar-refractivity contribution in [2.24, 2.45) is 0 Å². The smallest absolute Gasteiger partial charge is 0.0991 e. The van der Waals surface area contributed by atoms with Crippen molar-refractivity contribution in [3.63, 3.8) is 0 Å². The number of aryl methyl sites for hydroxylation is 1. The minimum atomic E-state index is 0.651. The third-order valence-electron chi connectivity index (χ3n) is 2.63. The van der Waals surface area contributed by atoms with E-state index in [0.29, 0.717) is 5.56 Å². The lowest BCUT2D eigenvalue weighted by atomic mass is 9.99. The summed E-state index contributed by atoms with van der Waals surface area (Å²) >= 11 is 0. The molecule has 0 spiro atoms. The molecule has 0 aliphatic carbocycles. The van der Waals surface area contributed by atoms with Gasteiger partial charge in [0.15, 0.2) is 0 Å². The standard InChI is InChI=1S/C14H12N2/c1-10-4-2-7-13(14(10)16)12-6-3-5-11(8-12)9-15/h2-8H,16H2,1H3. The number of nitrogens with zero attached hydrogens (tertiary/aromatic N) is 1. The van der Waals surface area contributed by atoms with Gasteiger partial charge in [0.1, 0.15) is 0 Å². The molecule has 0 saturated heterocycles. The molecule has 2 heteroatoms. The Morgan fingerprint density at radius 2 is 1.88 bits per heavy atom. The van der Waals surface area contributed by atoms with Gasteiger partial charge < -0.3 is 5.73 Å². The van der Waals surface area contributed by atoms with E-state index in [9.17, 15) is 0 Å². The second-order valence-electron chi connectivity index (χ2n) is 3.73. The summed E-state index contributed by atoms with van der Waals surface area (Å²) in [6.45, 7) is 1.98. The van der Waals surface area contributed by atoms with Gasteiger partial charge >= 0.3 is 0 Å². The normalized spacial score (nSPS) is 9.75. The van der Waals surface area contributed by atoms with E-state index in [1.165, 1.54) is 0 Å². The van der Waals surface area contributed by atoms with Gasteiger partial charge in [0, 0.05) is 11.3 Å². The molecular formula is C14H12N2. The third-order valence-corrected chi connectivity index (χ3v) is 2.63. The average Bonchev–Trinajstić information content (AvgIpc) is 2.33. The van der Waals surface area contributed by atoms with Gasteiger partial charge in [-0.15, -0.1) is 0 Å². The quantitative estimate of drug-likeness (QED) is 0.732. The van der Waals surface area contributed by atoms with Crippen LogP contribution in [0.25, 0.3) is 11.1 Å². The predicted octanol–water partition coefficient (Wildman–Crippen LogP) is 3.12. The van der Waals surface area contributed by atoms with E-state index in [4.69, 9.17) is 11.0 Å². The molecule has 2 N–H and O–H groups in total. The molecular weight excluding hydrogens is 196 g/mol. The van der Waals surface area contributed by atoms with Gasteiger partial charge in [0.25, 0.3) is 0 Å². The van der Waals surface area contributed by atoms with Crippen molar-refractivity contribution in [3.05, 3.63) is 53.6 Å².